The van der Waals surface area contributed by atoms with Gasteiger partial charge in [0.15, 0.2) is 11.5 Å². The molecule has 1 aliphatic heterocycles. The van der Waals surface area contributed by atoms with Gasteiger partial charge in [-0.1, -0.05) is 60.7 Å². The van der Waals surface area contributed by atoms with Crippen LogP contribution >= 0.6 is 12.4 Å². The van der Waals surface area contributed by atoms with Gasteiger partial charge in [0.2, 0.25) is 0 Å². The van der Waals surface area contributed by atoms with Crippen LogP contribution in [0, 0.1) is 0 Å². The van der Waals surface area contributed by atoms with Gasteiger partial charge >= 0.3 is 0 Å². The number of halogens is 1. The van der Waals surface area contributed by atoms with Gasteiger partial charge in [-0.15, -0.1) is 12.4 Å². The standard InChI is InChI=1S/C25H27NO2.ClH/c1-27-24-16-21-13-14-26(18-20-11-7-4-8-12-20)23(22(21)17-25(24)28-2)15-19-9-5-3-6-10-19;/h3-12,16-17,23H,13-15,18H2,1-2H3;1H. The molecule has 1 aliphatic rings. The number of rotatable bonds is 6. The maximum absolute atomic E-state index is 5.61. The average Bonchev–Trinajstić information content (AvgIpc) is 2.76. The SMILES string of the molecule is COc1cc2c(cc1OC)C(Cc1ccccc1)N(Cc1ccccc1)CC2.Cl. The Kier molecular flexibility index (Phi) is 7.18. The molecule has 0 radical (unpaired) electrons. The fourth-order valence-electron chi connectivity index (χ4n) is 4.16. The van der Waals surface area contributed by atoms with Crippen LogP contribution < -0.4 is 9.47 Å². The second kappa shape index (κ2) is 9.82. The zero-order valence-electron chi connectivity index (χ0n) is 17.0. The molecule has 0 aromatic heterocycles. The normalized spacial score (nSPS) is 15.9. The Morgan fingerprint density at radius 2 is 1.41 bits per heavy atom. The first kappa shape index (κ1) is 21.2. The first-order valence-electron chi connectivity index (χ1n) is 9.85. The van der Waals surface area contributed by atoms with Crippen molar-refractivity contribution in [1.29, 1.82) is 0 Å². The third-order valence-corrected chi connectivity index (χ3v) is 5.61. The Balaban J connectivity index is 0.00000240. The Hall–Kier alpha value is -2.49. The van der Waals surface area contributed by atoms with Crippen LogP contribution in [0.1, 0.15) is 28.3 Å². The quantitative estimate of drug-likeness (QED) is 0.539. The second-order valence-corrected chi connectivity index (χ2v) is 7.32. The molecule has 0 fully saturated rings. The summed E-state index contributed by atoms with van der Waals surface area (Å²) in [5.41, 5.74) is 5.42. The van der Waals surface area contributed by atoms with Crippen molar-refractivity contribution < 1.29 is 9.47 Å². The largest absolute Gasteiger partial charge is 0.493 e. The highest BCUT2D eigenvalue weighted by molar-refractivity contribution is 5.85. The summed E-state index contributed by atoms with van der Waals surface area (Å²) in [6, 6.07) is 26.1. The van der Waals surface area contributed by atoms with Crippen molar-refractivity contribution in [3.05, 3.63) is 95.1 Å². The van der Waals surface area contributed by atoms with Crippen LogP contribution in [0.4, 0.5) is 0 Å². The monoisotopic (exact) mass is 409 g/mol. The molecule has 29 heavy (non-hydrogen) atoms. The zero-order chi connectivity index (χ0) is 19.3. The molecular weight excluding hydrogens is 382 g/mol. The summed E-state index contributed by atoms with van der Waals surface area (Å²) >= 11 is 0. The van der Waals surface area contributed by atoms with E-state index in [9.17, 15) is 0 Å². The maximum Gasteiger partial charge on any atom is 0.161 e. The lowest BCUT2D eigenvalue weighted by Gasteiger charge is -2.38. The summed E-state index contributed by atoms with van der Waals surface area (Å²) in [6.45, 7) is 1.99. The van der Waals surface area contributed by atoms with Crippen molar-refractivity contribution in [2.75, 3.05) is 20.8 Å². The Morgan fingerprint density at radius 1 is 0.828 bits per heavy atom. The molecule has 1 atom stereocenters. The Morgan fingerprint density at radius 3 is 2.03 bits per heavy atom. The highest BCUT2D eigenvalue weighted by Crippen LogP contribution is 2.40. The molecule has 0 aliphatic carbocycles. The molecule has 3 aromatic rings. The summed E-state index contributed by atoms with van der Waals surface area (Å²) in [7, 11) is 3.41. The smallest absolute Gasteiger partial charge is 0.161 e. The van der Waals surface area contributed by atoms with Gasteiger partial charge in [-0.05, 0) is 47.2 Å². The van der Waals surface area contributed by atoms with Crippen molar-refractivity contribution in [3.63, 3.8) is 0 Å². The van der Waals surface area contributed by atoms with Crippen LogP contribution in [0.15, 0.2) is 72.8 Å². The summed E-state index contributed by atoms with van der Waals surface area (Å²) < 4.78 is 11.2. The molecule has 0 saturated carbocycles. The van der Waals surface area contributed by atoms with Crippen LogP contribution in [0.5, 0.6) is 11.5 Å². The van der Waals surface area contributed by atoms with Crippen molar-refractivity contribution in [2.45, 2.75) is 25.4 Å². The van der Waals surface area contributed by atoms with Gasteiger partial charge in [0.05, 0.1) is 14.2 Å². The molecular formula is C25H28ClNO2. The van der Waals surface area contributed by atoms with Gasteiger partial charge in [-0.3, -0.25) is 4.90 Å². The molecule has 1 heterocycles. The third-order valence-electron chi connectivity index (χ3n) is 5.61. The average molecular weight is 410 g/mol. The Labute approximate surface area is 179 Å². The highest BCUT2D eigenvalue weighted by atomic mass is 35.5. The lowest BCUT2D eigenvalue weighted by atomic mass is 9.88. The van der Waals surface area contributed by atoms with Crippen molar-refractivity contribution in [1.82, 2.24) is 4.90 Å². The summed E-state index contributed by atoms with van der Waals surface area (Å²) in [6.07, 6.45) is 2.00. The van der Waals surface area contributed by atoms with Crippen LogP contribution in [0.3, 0.4) is 0 Å². The van der Waals surface area contributed by atoms with E-state index in [2.05, 4.69) is 77.7 Å². The first-order valence-corrected chi connectivity index (χ1v) is 9.85. The van der Waals surface area contributed by atoms with Gasteiger partial charge in [0, 0.05) is 19.1 Å². The van der Waals surface area contributed by atoms with Crippen molar-refractivity contribution in [2.24, 2.45) is 0 Å². The van der Waals surface area contributed by atoms with E-state index in [1.165, 1.54) is 22.3 Å². The molecule has 1 unspecified atom stereocenters. The molecule has 0 N–H and O–H groups in total. The van der Waals surface area contributed by atoms with E-state index in [0.717, 1.165) is 37.4 Å². The molecule has 4 heteroatoms. The van der Waals surface area contributed by atoms with E-state index in [1.54, 1.807) is 14.2 Å². The van der Waals surface area contributed by atoms with E-state index in [4.69, 9.17) is 9.47 Å². The van der Waals surface area contributed by atoms with E-state index in [1.807, 2.05) is 0 Å². The van der Waals surface area contributed by atoms with Crippen LogP contribution in [-0.4, -0.2) is 25.7 Å². The van der Waals surface area contributed by atoms with Crippen LogP contribution in [0.2, 0.25) is 0 Å². The van der Waals surface area contributed by atoms with Crippen LogP contribution in [-0.2, 0) is 19.4 Å². The Bertz CT molecular complexity index is 915. The molecule has 0 amide bonds. The molecule has 0 bridgehead atoms. The van der Waals surface area contributed by atoms with E-state index in [-0.39, 0.29) is 12.4 Å². The van der Waals surface area contributed by atoms with E-state index < -0.39 is 0 Å². The van der Waals surface area contributed by atoms with Gasteiger partial charge in [-0.25, -0.2) is 0 Å². The maximum atomic E-state index is 5.61. The lowest BCUT2D eigenvalue weighted by Crippen LogP contribution is -2.36. The first-order chi connectivity index (χ1) is 13.8. The molecule has 0 spiro atoms. The van der Waals surface area contributed by atoms with Gasteiger partial charge in [0.1, 0.15) is 0 Å². The van der Waals surface area contributed by atoms with Crippen LogP contribution in [0.25, 0.3) is 0 Å². The van der Waals surface area contributed by atoms with Crippen molar-refractivity contribution >= 4 is 12.4 Å². The predicted octanol–water partition coefficient (Wildman–Crippen LogP) is 5.47. The van der Waals surface area contributed by atoms with Gasteiger partial charge in [0.25, 0.3) is 0 Å². The molecule has 152 valence electrons. The number of fused-ring (bicyclic) bond motifs is 1. The predicted molar refractivity (Wildman–Crippen MR) is 120 cm³/mol. The number of ether oxygens (including phenoxy) is 2. The minimum atomic E-state index is 0. The number of nitrogens with zero attached hydrogens (tertiary/aromatic N) is 1. The lowest BCUT2D eigenvalue weighted by molar-refractivity contribution is 0.174. The fraction of sp³-hybridized carbons (Fsp3) is 0.280. The van der Waals surface area contributed by atoms with E-state index >= 15 is 0 Å². The topological polar surface area (TPSA) is 21.7 Å². The second-order valence-electron chi connectivity index (χ2n) is 7.32. The number of hydrogen-bond donors (Lipinski definition) is 0. The molecule has 4 rings (SSSR count). The molecule has 0 saturated heterocycles. The van der Waals surface area contributed by atoms with Crippen molar-refractivity contribution in [3.8, 4) is 11.5 Å². The van der Waals surface area contributed by atoms with Gasteiger partial charge in [-0.2, -0.15) is 0 Å². The summed E-state index contributed by atoms with van der Waals surface area (Å²) in [5, 5.41) is 0. The number of benzene rings is 3. The summed E-state index contributed by atoms with van der Waals surface area (Å²) in [5.74, 6) is 1.62. The zero-order valence-corrected chi connectivity index (χ0v) is 17.8. The highest BCUT2D eigenvalue weighted by Gasteiger charge is 2.29. The fourth-order valence-corrected chi connectivity index (χ4v) is 4.16. The third kappa shape index (κ3) is 4.75. The molecule has 3 aromatic carbocycles. The van der Waals surface area contributed by atoms with E-state index in [0.29, 0.717) is 6.04 Å². The minimum Gasteiger partial charge on any atom is -0.493 e. The summed E-state index contributed by atoms with van der Waals surface area (Å²) in [4.78, 5) is 2.59. The minimum absolute atomic E-state index is 0. The number of methoxy groups -OCH3 is 2. The number of hydrogen-bond acceptors (Lipinski definition) is 3. The molecule has 3 nitrogen and oxygen atoms in total. The van der Waals surface area contributed by atoms with Gasteiger partial charge < -0.3 is 9.47 Å².